The Labute approximate surface area is 62.4 Å². The molecule has 0 saturated heterocycles. The molecule has 0 aromatic heterocycles. The molecule has 3 nitrogen and oxygen atoms in total. The lowest BCUT2D eigenvalue weighted by Gasteiger charge is -1.96. The molecular weight excluding hydrogens is 149 g/mol. The summed E-state index contributed by atoms with van der Waals surface area (Å²) in [6, 6.07) is 0. The van der Waals surface area contributed by atoms with Crippen LogP contribution in [0.2, 0.25) is 0 Å². The Morgan fingerprint density at radius 1 is 1.60 bits per heavy atom. The SMILES string of the molecule is CCCCNC(=O)C[PH+]=O. The van der Waals surface area contributed by atoms with Crippen molar-refractivity contribution in [3.05, 3.63) is 0 Å². The highest BCUT2D eigenvalue weighted by atomic mass is 31.1. The van der Waals surface area contributed by atoms with Crippen molar-refractivity contribution in [3.8, 4) is 0 Å². The molecule has 0 aliphatic heterocycles. The van der Waals surface area contributed by atoms with E-state index in [1.165, 1.54) is 0 Å². The van der Waals surface area contributed by atoms with E-state index in [-0.39, 0.29) is 12.1 Å². The van der Waals surface area contributed by atoms with Gasteiger partial charge < -0.3 is 5.32 Å². The minimum atomic E-state index is -0.512. The molecule has 0 aliphatic rings. The van der Waals surface area contributed by atoms with Crippen LogP contribution in [0.5, 0.6) is 0 Å². The van der Waals surface area contributed by atoms with Gasteiger partial charge in [0.1, 0.15) is 0 Å². The van der Waals surface area contributed by atoms with Gasteiger partial charge in [-0.3, -0.25) is 4.79 Å². The minimum Gasteiger partial charge on any atom is -0.352 e. The maximum atomic E-state index is 10.6. The molecule has 1 amide bonds. The van der Waals surface area contributed by atoms with Gasteiger partial charge in [0, 0.05) is 6.54 Å². The molecule has 0 bridgehead atoms. The summed E-state index contributed by atoms with van der Waals surface area (Å²) in [6.07, 6.45) is 2.21. The van der Waals surface area contributed by atoms with Crippen molar-refractivity contribution in [1.29, 1.82) is 0 Å². The summed E-state index contributed by atoms with van der Waals surface area (Å²) >= 11 is 0. The van der Waals surface area contributed by atoms with E-state index in [0.29, 0.717) is 6.54 Å². The molecule has 0 aromatic rings. The van der Waals surface area contributed by atoms with Crippen molar-refractivity contribution in [1.82, 2.24) is 5.32 Å². The molecule has 58 valence electrons. The van der Waals surface area contributed by atoms with Gasteiger partial charge >= 0.3 is 8.46 Å². The maximum Gasteiger partial charge on any atom is 0.334 e. The average molecular weight is 162 g/mol. The van der Waals surface area contributed by atoms with Crippen LogP contribution in [0.1, 0.15) is 19.8 Å². The molecule has 1 unspecified atom stereocenters. The van der Waals surface area contributed by atoms with E-state index in [9.17, 15) is 9.36 Å². The highest BCUT2D eigenvalue weighted by Gasteiger charge is 2.02. The Balaban J connectivity index is 3.13. The lowest BCUT2D eigenvalue weighted by molar-refractivity contribution is -0.118. The fraction of sp³-hybridized carbons (Fsp3) is 0.833. The molecule has 0 radical (unpaired) electrons. The van der Waals surface area contributed by atoms with Crippen LogP contribution in [0.4, 0.5) is 0 Å². The highest BCUT2D eigenvalue weighted by molar-refractivity contribution is 7.25. The predicted molar refractivity (Wildman–Crippen MR) is 41.8 cm³/mol. The molecule has 10 heavy (non-hydrogen) atoms. The fourth-order valence-electron chi connectivity index (χ4n) is 0.533. The van der Waals surface area contributed by atoms with Crippen LogP contribution in [-0.4, -0.2) is 18.6 Å². The summed E-state index contributed by atoms with van der Waals surface area (Å²) in [6.45, 7) is 2.77. The molecule has 4 heteroatoms. The molecule has 0 fully saturated rings. The largest absolute Gasteiger partial charge is 0.352 e. The van der Waals surface area contributed by atoms with Gasteiger partial charge in [0.05, 0.1) is 0 Å². The Morgan fingerprint density at radius 3 is 2.80 bits per heavy atom. The Hall–Kier alpha value is -0.430. The topological polar surface area (TPSA) is 46.2 Å². The monoisotopic (exact) mass is 162 g/mol. The summed E-state index contributed by atoms with van der Waals surface area (Å²) < 4.78 is 9.94. The third-order valence-electron chi connectivity index (χ3n) is 1.09. The van der Waals surface area contributed by atoms with Crippen LogP contribution >= 0.6 is 8.46 Å². The Morgan fingerprint density at radius 2 is 2.30 bits per heavy atom. The van der Waals surface area contributed by atoms with E-state index >= 15 is 0 Å². The molecular formula is C6H13NO2P+. The van der Waals surface area contributed by atoms with Gasteiger partial charge in [0.2, 0.25) is 6.16 Å². The number of rotatable bonds is 5. The maximum absolute atomic E-state index is 10.6. The second kappa shape index (κ2) is 6.69. The van der Waals surface area contributed by atoms with Gasteiger partial charge in [-0.1, -0.05) is 17.9 Å². The smallest absolute Gasteiger partial charge is 0.334 e. The molecule has 1 atom stereocenters. The van der Waals surface area contributed by atoms with E-state index in [1.54, 1.807) is 0 Å². The standard InChI is InChI=1S/C6H12NO2P/c1-2-3-4-7-6(8)5-10-9/h2-5H2,1H3,(H,7,8)/p+1. The Bertz CT molecular complexity index is 116. The first-order valence-corrected chi connectivity index (χ1v) is 4.54. The molecule has 0 aromatic carbocycles. The zero-order valence-corrected chi connectivity index (χ0v) is 7.14. The first-order chi connectivity index (χ1) is 4.81. The van der Waals surface area contributed by atoms with Gasteiger partial charge in [-0.25, -0.2) is 0 Å². The molecule has 1 N–H and O–H groups in total. The van der Waals surface area contributed by atoms with Gasteiger partial charge in [-0.2, -0.15) is 0 Å². The zero-order valence-electron chi connectivity index (χ0n) is 6.14. The quantitative estimate of drug-likeness (QED) is 0.482. The number of amides is 1. The van der Waals surface area contributed by atoms with Crippen molar-refractivity contribution < 1.29 is 9.36 Å². The van der Waals surface area contributed by atoms with E-state index in [0.717, 1.165) is 12.8 Å². The van der Waals surface area contributed by atoms with Crippen molar-refractivity contribution in [2.75, 3.05) is 12.7 Å². The highest BCUT2D eigenvalue weighted by Crippen LogP contribution is 1.89. The number of hydrogen-bond acceptors (Lipinski definition) is 2. The van der Waals surface area contributed by atoms with E-state index in [2.05, 4.69) is 12.2 Å². The summed E-state index contributed by atoms with van der Waals surface area (Å²) in [7, 11) is -0.512. The van der Waals surface area contributed by atoms with Crippen LogP contribution in [-0.2, 0) is 9.36 Å². The fourth-order valence-corrected chi connectivity index (χ4v) is 0.789. The van der Waals surface area contributed by atoms with Crippen LogP contribution in [0.25, 0.3) is 0 Å². The second-order valence-corrected chi connectivity index (χ2v) is 2.67. The molecule has 0 spiro atoms. The normalized spacial score (nSPS) is 9.70. The average Bonchev–Trinajstić information content (AvgIpc) is 1.89. The van der Waals surface area contributed by atoms with Gasteiger partial charge in [-0.05, 0) is 6.42 Å². The van der Waals surface area contributed by atoms with Gasteiger partial charge in [-0.15, -0.1) is 0 Å². The van der Waals surface area contributed by atoms with Crippen LogP contribution in [0, 0.1) is 0 Å². The lowest BCUT2D eigenvalue weighted by atomic mass is 10.3. The van der Waals surface area contributed by atoms with E-state index in [4.69, 9.17) is 0 Å². The van der Waals surface area contributed by atoms with Crippen LogP contribution < -0.4 is 5.32 Å². The van der Waals surface area contributed by atoms with Crippen LogP contribution in [0.3, 0.4) is 0 Å². The lowest BCUT2D eigenvalue weighted by Crippen LogP contribution is -2.25. The summed E-state index contributed by atoms with van der Waals surface area (Å²) in [5.41, 5.74) is 0. The Kier molecular flexibility index (Phi) is 6.40. The van der Waals surface area contributed by atoms with Crippen molar-refractivity contribution >= 4 is 14.4 Å². The van der Waals surface area contributed by atoms with E-state index < -0.39 is 8.46 Å². The first-order valence-electron chi connectivity index (χ1n) is 3.43. The predicted octanol–water partition coefficient (Wildman–Crippen LogP) is 0.927. The zero-order chi connectivity index (χ0) is 7.82. The second-order valence-electron chi connectivity index (χ2n) is 2.02. The number of carbonyl (C=O) groups is 1. The summed E-state index contributed by atoms with van der Waals surface area (Å²) in [5.74, 6) is -0.109. The van der Waals surface area contributed by atoms with Crippen molar-refractivity contribution in [3.63, 3.8) is 0 Å². The number of unbranched alkanes of at least 4 members (excludes halogenated alkanes) is 1. The summed E-state index contributed by atoms with van der Waals surface area (Å²) in [5, 5.41) is 2.65. The summed E-state index contributed by atoms with van der Waals surface area (Å²) in [4.78, 5) is 10.6. The third-order valence-corrected chi connectivity index (χ3v) is 1.55. The van der Waals surface area contributed by atoms with Crippen LogP contribution in [0.15, 0.2) is 0 Å². The first kappa shape index (κ1) is 9.57. The number of carbonyl (C=O) groups excluding carboxylic acids is 1. The van der Waals surface area contributed by atoms with E-state index in [1.807, 2.05) is 0 Å². The van der Waals surface area contributed by atoms with Crippen molar-refractivity contribution in [2.24, 2.45) is 0 Å². The molecule has 0 aliphatic carbocycles. The molecule has 0 heterocycles. The minimum absolute atomic E-state index is 0.109. The number of nitrogens with one attached hydrogen (secondary N) is 1. The van der Waals surface area contributed by atoms with Crippen molar-refractivity contribution in [2.45, 2.75) is 19.8 Å². The number of hydrogen-bond donors (Lipinski definition) is 1. The third kappa shape index (κ3) is 5.70. The van der Waals surface area contributed by atoms with Gasteiger partial charge in [0.15, 0.2) is 0 Å². The molecule has 0 saturated carbocycles. The van der Waals surface area contributed by atoms with Gasteiger partial charge in [0.25, 0.3) is 5.91 Å². The molecule has 0 rings (SSSR count).